The average Bonchev–Trinajstić information content (AvgIpc) is 2.24. The van der Waals surface area contributed by atoms with Crippen LogP contribution in [0.4, 0.5) is 0 Å². The first-order chi connectivity index (χ1) is 6.92. The molecule has 0 amide bonds. The maximum Gasteiger partial charge on any atom is 0.0419 e. The lowest BCUT2D eigenvalue weighted by atomic mass is 9.78. The highest BCUT2D eigenvalue weighted by atomic mass is 14.2. The van der Waals surface area contributed by atoms with Gasteiger partial charge in [-0.25, -0.2) is 0 Å². The summed E-state index contributed by atoms with van der Waals surface area (Å²) in [6.45, 7) is 0. The van der Waals surface area contributed by atoms with Gasteiger partial charge in [-0.3, -0.25) is 0 Å². The number of hydrogen-bond acceptors (Lipinski definition) is 0. The van der Waals surface area contributed by atoms with Crippen molar-refractivity contribution in [3.05, 3.63) is 54.5 Å². The molecule has 0 N–H and O–H groups in total. The summed E-state index contributed by atoms with van der Waals surface area (Å²) in [6.07, 6.45) is 7.18. The SMILES string of the molecule is [C]#Cc1[c]ccc2c1-c1ccccc1-2. The van der Waals surface area contributed by atoms with Crippen LogP contribution in [0, 0.1) is 18.4 Å². The van der Waals surface area contributed by atoms with E-state index in [0.29, 0.717) is 0 Å². The Bertz CT molecular complexity index is 556. The summed E-state index contributed by atoms with van der Waals surface area (Å²) < 4.78 is 0. The molecule has 0 spiro atoms. The number of rotatable bonds is 0. The third-order valence-electron chi connectivity index (χ3n) is 2.61. The van der Waals surface area contributed by atoms with Crippen LogP contribution in [0.25, 0.3) is 22.3 Å². The van der Waals surface area contributed by atoms with Crippen molar-refractivity contribution in [3.63, 3.8) is 0 Å². The molecule has 0 nitrogen and oxygen atoms in total. The average molecular weight is 174 g/mol. The Kier molecular flexibility index (Phi) is 1.32. The molecule has 0 atom stereocenters. The van der Waals surface area contributed by atoms with Crippen LogP contribution in [0.15, 0.2) is 36.4 Å². The van der Waals surface area contributed by atoms with Crippen molar-refractivity contribution in [1.82, 2.24) is 0 Å². The van der Waals surface area contributed by atoms with Crippen molar-refractivity contribution in [2.45, 2.75) is 0 Å². The minimum Gasteiger partial charge on any atom is -0.0616 e. The van der Waals surface area contributed by atoms with Crippen molar-refractivity contribution in [2.75, 3.05) is 0 Å². The normalized spacial score (nSPS) is 10.8. The van der Waals surface area contributed by atoms with Gasteiger partial charge in [0.1, 0.15) is 0 Å². The van der Waals surface area contributed by atoms with Crippen LogP contribution in [0.1, 0.15) is 5.56 Å². The predicted octanol–water partition coefficient (Wildman–Crippen LogP) is 3.07. The molecule has 1 aliphatic carbocycles. The second-order valence-electron chi connectivity index (χ2n) is 3.31. The van der Waals surface area contributed by atoms with Gasteiger partial charge >= 0.3 is 0 Å². The molecule has 0 saturated heterocycles. The molecule has 3 rings (SSSR count). The fourth-order valence-electron chi connectivity index (χ4n) is 1.97. The van der Waals surface area contributed by atoms with Gasteiger partial charge in [0.2, 0.25) is 0 Å². The van der Waals surface area contributed by atoms with E-state index in [1.165, 1.54) is 16.7 Å². The molecule has 14 heavy (non-hydrogen) atoms. The molecule has 0 fully saturated rings. The summed E-state index contributed by atoms with van der Waals surface area (Å²) in [5.74, 6) is 2.42. The second-order valence-corrected chi connectivity index (χ2v) is 3.31. The Morgan fingerprint density at radius 3 is 2.57 bits per heavy atom. The third kappa shape index (κ3) is 0.744. The van der Waals surface area contributed by atoms with Gasteiger partial charge in [-0.05, 0) is 29.2 Å². The highest BCUT2D eigenvalue weighted by Gasteiger charge is 2.23. The van der Waals surface area contributed by atoms with E-state index < -0.39 is 0 Å². The first kappa shape index (κ1) is 7.41. The van der Waals surface area contributed by atoms with Crippen LogP contribution in [-0.4, -0.2) is 0 Å². The maximum absolute atomic E-state index is 7.18. The lowest BCUT2D eigenvalue weighted by Gasteiger charge is -2.24. The Hall–Kier alpha value is -2.00. The van der Waals surface area contributed by atoms with Gasteiger partial charge in [0.25, 0.3) is 0 Å². The summed E-state index contributed by atoms with van der Waals surface area (Å²) in [4.78, 5) is 0. The van der Waals surface area contributed by atoms with E-state index in [2.05, 4.69) is 24.1 Å². The highest BCUT2D eigenvalue weighted by molar-refractivity contribution is 6.04. The van der Waals surface area contributed by atoms with Crippen molar-refractivity contribution in [1.29, 1.82) is 0 Å². The van der Waals surface area contributed by atoms with E-state index >= 15 is 0 Å². The van der Waals surface area contributed by atoms with Gasteiger partial charge in [-0.2, -0.15) is 0 Å². The molecule has 2 aromatic rings. The zero-order valence-electron chi connectivity index (χ0n) is 7.46. The summed E-state index contributed by atoms with van der Waals surface area (Å²) in [5.41, 5.74) is 5.59. The summed E-state index contributed by atoms with van der Waals surface area (Å²) in [7, 11) is 0. The number of fused-ring (bicyclic) bond motifs is 4. The largest absolute Gasteiger partial charge is 0.0616 e. The van der Waals surface area contributed by atoms with E-state index in [-0.39, 0.29) is 0 Å². The molecule has 2 aromatic carbocycles. The van der Waals surface area contributed by atoms with E-state index in [9.17, 15) is 0 Å². The zero-order chi connectivity index (χ0) is 9.54. The van der Waals surface area contributed by atoms with Gasteiger partial charge in [-0.1, -0.05) is 42.3 Å². The summed E-state index contributed by atoms with van der Waals surface area (Å²) >= 11 is 0. The minimum absolute atomic E-state index is 0.765. The van der Waals surface area contributed by atoms with Crippen LogP contribution in [0.5, 0.6) is 0 Å². The number of hydrogen-bond donors (Lipinski definition) is 0. The molecular weight excluding hydrogens is 168 g/mol. The van der Waals surface area contributed by atoms with E-state index in [1.54, 1.807) is 0 Å². The number of benzene rings is 2. The van der Waals surface area contributed by atoms with Crippen LogP contribution >= 0.6 is 0 Å². The predicted molar refractivity (Wildman–Crippen MR) is 55.9 cm³/mol. The summed E-state index contributed by atoms with van der Waals surface area (Å²) in [6, 6.07) is 15.1. The molecule has 0 unspecified atom stereocenters. The van der Waals surface area contributed by atoms with E-state index in [0.717, 1.165) is 11.1 Å². The molecule has 2 radical (unpaired) electrons. The third-order valence-corrected chi connectivity index (χ3v) is 2.61. The van der Waals surface area contributed by atoms with E-state index in [1.807, 2.05) is 24.3 Å². The first-order valence-corrected chi connectivity index (χ1v) is 4.49. The Labute approximate surface area is 83.2 Å². The molecule has 0 saturated carbocycles. The fourth-order valence-corrected chi connectivity index (χ4v) is 1.97. The van der Waals surface area contributed by atoms with Crippen molar-refractivity contribution >= 4 is 0 Å². The van der Waals surface area contributed by atoms with Crippen LogP contribution in [-0.2, 0) is 0 Å². The molecule has 0 bridgehead atoms. The smallest absolute Gasteiger partial charge is 0.0419 e. The van der Waals surface area contributed by atoms with Crippen LogP contribution < -0.4 is 0 Å². The van der Waals surface area contributed by atoms with Crippen molar-refractivity contribution in [3.8, 4) is 28.2 Å². The first-order valence-electron chi connectivity index (χ1n) is 4.49. The Balaban J connectivity index is 2.34. The van der Waals surface area contributed by atoms with Gasteiger partial charge in [0, 0.05) is 11.1 Å². The van der Waals surface area contributed by atoms with Crippen LogP contribution in [0.2, 0.25) is 0 Å². The van der Waals surface area contributed by atoms with Crippen molar-refractivity contribution in [2.24, 2.45) is 0 Å². The second kappa shape index (κ2) is 2.49. The standard InChI is InChI=1S/C14H6/c1-2-10-6-5-9-13-11-7-3-4-8-12(11)14(10)13/h3-5,7-9H. The van der Waals surface area contributed by atoms with Gasteiger partial charge < -0.3 is 0 Å². The maximum atomic E-state index is 7.18. The zero-order valence-corrected chi connectivity index (χ0v) is 7.46. The molecule has 0 heteroatoms. The lowest BCUT2D eigenvalue weighted by molar-refractivity contribution is 1.49. The van der Waals surface area contributed by atoms with Crippen molar-refractivity contribution < 1.29 is 0 Å². The van der Waals surface area contributed by atoms with Gasteiger partial charge in [-0.15, -0.1) is 0 Å². The molecule has 0 aliphatic heterocycles. The van der Waals surface area contributed by atoms with Gasteiger partial charge in [0.15, 0.2) is 0 Å². The Morgan fingerprint density at radius 1 is 1.00 bits per heavy atom. The highest BCUT2D eigenvalue weighted by Crippen LogP contribution is 2.48. The fraction of sp³-hybridized carbons (Fsp3) is 0. The van der Waals surface area contributed by atoms with E-state index in [4.69, 9.17) is 6.42 Å². The molecular formula is C14H6. The summed E-state index contributed by atoms with van der Waals surface area (Å²) in [5, 5.41) is 0. The topological polar surface area (TPSA) is 0 Å². The molecule has 1 aliphatic rings. The lowest BCUT2D eigenvalue weighted by Crippen LogP contribution is -2.00. The monoisotopic (exact) mass is 174 g/mol. The van der Waals surface area contributed by atoms with Crippen LogP contribution in [0.3, 0.4) is 0 Å². The Morgan fingerprint density at radius 2 is 1.79 bits per heavy atom. The van der Waals surface area contributed by atoms with Gasteiger partial charge in [0.05, 0.1) is 0 Å². The molecule has 0 aromatic heterocycles. The quantitative estimate of drug-likeness (QED) is 0.459. The molecule has 62 valence electrons. The molecule has 0 heterocycles. The minimum atomic E-state index is 0.765.